The number of phenolic OH excluding ortho intramolecular Hbond substituents is 1. The number of ketones is 1. The molecular formula is C18H16Cl2N2O4. The molecule has 6 nitrogen and oxygen atoms in total. The predicted octanol–water partition coefficient (Wildman–Crippen LogP) is 2.74. The van der Waals surface area contributed by atoms with Crippen LogP contribution in [0.2, 0.25) is 0 Å². The van der Waals surface area contributed by atoms with E-state index in [4.69, 9.17) is 23.2 Å². The number of hydrogen-bond donors (Lipinski definition) is 4. The molecule has 2 aromatic carbocycles. The lowest BCUT2D eigenvalue weighted by molar-refractivity contribution is -0.0413. The monoisotopic (exact) mass is 394 g/mol. The highest BCUT2D eigenvalue weighted by atomic mass is 35.5. The molecular weight excluding hydrogens is 379 g/mol. The van der Waals surface area contributed by atoms with Crippen molar-refractivity contribution in [3.63, 3.8) is 0 Å². The Bertz CT molecular complexity index is 814. The molecule has 0 aromatic heterocycles. The Hall–Kier alpha value is -2.28. The molecule has 1 heterocycles. The van der Waals surface area contributed by atoms with Gasteiger partial charge in [-0.25, -0.2) is 4.79 Å². The summed E-state index contributed by atoms with van der Waals surface area (Å²) in [5.74, 6) is -1.61. The van der Waals surface area contributed by atoms with Crippen molar-refractivity contribution in [3.8, 4) is 5.75 Å². The second-order valence-corrected chi connectivity index (χ2v) is 7.10. The second kappa shape index (κ2) is 7.15. The van der Waals surface area contributed by atoms with Gasteiger partial charge in [0.1, 0.15) is 5.75 Å². The van der Waals surface area contributed by atoms with Crippen molar-refractivity contribution < 1.29 is 19.8 Å². The van der Waals surface area contributed by atoms with Crippen LogP contribution in [0.3, 0.4) is 0 Å². The average molecular weight is 395 g/mol. The van der Waals surface area contributed by atoms with Gasteiger partial charge in [0.25, 0.3) is 0 Å². The van der Waals surface area contributed by atoms with Crippen LogP contribution in [0.25, 0.3) is 0 Å². The number of urea groups is 1. The average Bonchev–Trinajstić information content (AvgIpc) is 2.62. The lowest BCUT2D eigenvalue weighted by Gasteiger charge is -2.45. The maximum absolute atomic E-state index is 13.2. The van der Waals surface area contributed by atoms with Crippen LogP contribution >= 0.6 is 23.2 Å². The van der Waals surface area contributed by atoms with Crippen LogP contribution in [0.1, 0.15) is 22.0 Å². The summed E-state index contributed by atoms with van der Waals surface area (Å²) in [5.41, 5.74) is -1.33. The van der Waals surface area contributed by atoms with Crippen LogP contribution in [0.4, 0.5) is 4.79 Å². The van der Waals surface area contributed by atoms with Crippen molar-refractivity contribution >= 4 is 35.0 Å². The zero-order valence-electron chi connectivity index (χ0n) is 13.4. The highest BCUT2D eigenvalue weighted by Crippen LogP contribution is 2.40. The van der Waals surface area contributed by atoms with Gasteiger partial charge < -0.3 is 20.8 Å². The van der Waals surface area contributed by atoms with E-state index in [9.17, 15) is 19.8 Å². The van der Waals surface area contributed by atoms with Crippen LogP contribution in [-0.2, 0) is 0 Å². The SMILES string of the molecule is O=C1NC(c2ccc(O)cc2)C(C(=O)c2ccccc2)C(O)(C(Cl)Cl)N1. The molecule has 26 heavy (non-hydrogen) atoms. The van der Waals surface area contributed by atoms with Gasteiger partial charge in [0.05, 0.1) is 12.0 Å². The van der Waals surface area contributed by atoms with E-state index in [0.29, 0.717) is 11.1 Å². The summed E-state index contributed by atoms with van der Waals surface area (Å²) >= 11 is 11.9. The molecule has 0 bridgehead atoms. The maximum Gasteiger partial charge on any atom is 0.317 e. The van der Waals surface area contributed by atoms with Crippen molar-refractivity contribution in [1.29, 1.82) is 0 Å². The van der Waals surface area contributed by atoms with Gasteiger partial charge in [0, 0.05) is 5.56 Å². The maximum atomic E-state index is 13.2. The third-order valence-corrected chi connectivity index (χ3v) is 5.00. The number of halogens is 2. The van der Waals surface area contributed by atoms with Crippen molar-refractivity contribution in [3.05, 3.63) is 65.7 Å². The Morgan fingerprint density at radius 1 is 1.08 bits per heavy atom. The molecule has 1 aliphatic heterocycles. The van der Waals surface area contributed by atoms with Crippen LogP contribution in [0, 0.1) is 5.92 Å². The highest BCUT2D eigenvalue weighted by Gasteiger charge is 2.55. The summed E-state index contributed by atoms with van der Waals surface area (Å²) in [4.78, 5) is 23.8. The smallest absolute Gasteiger partial charge is 0.317 e. The summed E-state index contributed by atoms with van der Waals surface area (Å²) in [5, 5.41) is 25.4. The van der Waals surface area contributed by atoms with E-state index in [1.54, 1.807) is 42.5 Å². The molecule has 2 amide bonds. The number of nitrogens with one attached hydrogen (secondary N) is 2. The third kappa shape index (κ3) is 3.35. The molecule has 0 aliphatic carbocycles. The molecule has 136 valence electrons. The minimum absolute atomic E-state index is 0.0303. The number of aromatic hydroxyl groups is 1. The van der Waals surface area contributed by atoms with Crippen molar-refractivity contribution in [1.82, 2.24) is 10.6 Å². The van der Waals surface area contributed by atoms with E-state index in [1.807, 2.05) is 0 Å². The number of aliphatic hydroxyl groups is 1. The van der Waals surface area contributed by atoms with Crippen LogP contribution < -0.4 is 10.6 Å². The zero-order chi connectivity index (χ0) is 18.9. The van der Waals surface area contributed by atoms with Gasteiger partial charge in [-0.15, -0.1) is 0 Å². The molecule has 0 spiro atoms. The normalized spacial score (nSPS) is 25.5. The first-order valence-corrected chi connectivity index (χ1v) is 8.67. The Labute approximate surface area is 159 Å². The zero-order valence-corrected chi connectivity index (χ0v) is 14.9. The Morgan fingerprint density at radius 3 is 2.27 bits per heavy atom. The summed E-state index contributed by atoms with van der Waals surface area (Å²) in [6.07, 6.45) is 0. The number of benzene rings is 2. The largest absolute Gasteiger partial charge is 0.508 e. The number of alkyl halides is 2. The lowest BCUT2D eigenvalue weighted by atomic mass is 9.78. The molecule has 1 saturated heterocycles. The van der Waals surface area contributed by atoms with Gasteiger partial charge in [-0.1, -0.05) is 65.7 Å². The van der Waals surface area contributed by atoms with E-state index in [1.165, 1.54) is 12.1 Å². The molecule has 3 rings (SSSR count). The molecule has 4 N–H and O–H groups in total. The lowest BCUT2D eigenvalue weighted by Crippen LogP contribution is -2.69. The van der Waals surface area contributed by atoms with Gasteiger partial charge in [-0.3, -0.25) is 4.79 Å². The second-order valence-electron chi connectivity index (χ2n) is 6.00. The Morgan fingerprint density at radius 2 is 1.69 bits per heavy atom. The van der Waals surface area contributed by atoms with Gasteiger partial charge in [-0.05, 0) is 17.7 Å². The van der Waals surface area contributed by atoms with E-state index in [-0.39, 0.29) is 5.75 Å². The van der Waals surface area contributed by atoms with Crippen molar-refractivity contribution in [2.24, 2.45) is 5.92 Å². The Kier molecular flexibility index (Phi) is 5.09. The first kappa shape index (κ1) is 18.5. The fourth-order valence-electron chi connectivity index (χ4n) is 3.06. The van der Waals surface area contributed by atoms with Gasteiger partial charge in [0.2, 0.25) is 0 Å². The van der Waals surface area contributed by atoms with Crippen molar-refractivity contribution in [2.75, 3.05) is 0 Å². The molecule has 0 radical (unpaired) electrons. The van der Waals surface area contributed by atoms with Crippen LogP contribution in [-0.4, -0.2) is 32.6 Å². The Balaban J connectivity index is 2.11. The molecule has 2 aromatic rings. The van der Waals surface area contributed by atoms with E-state index in [0.717, 1.165) is 0 Å². The number of rotatable bonds is 4. The third-order valence-electron chi connectivity index (χ3n) is 4.33. The van der Waals surface area contributed by atoms with Crippen molar-refractivity contribution in [2.45, 2.75) is 16.6 Å². The number of carbonyl (C=O) groups excluding carboxylic acids is 2. The molecule has 1 aliphatic rings. The highest BCUT2D eigenvalue weighted by molar-refractivity contribution is 6.45. The van der Waals surface area contributed by atoms with Gasteiger partial charge in [0.15, 0.2) is 16.3 Å². The van der Waals surface area contributed by atoms with Crippen LogP contribution in [0.15, 0.2) is 54.6 Å². The summed E-state index contributed by atoms with van der Waals surface area (Å²) in [7, 11) is 0. The van der Waals surface area contributed by atoms with E-state index < -0.39 is 34.3 Å². The number of Topliss-reactive ketones (excluding diaryl/α,β-unsaturated/α-hetero) is 1. The van der Waals surface area contributed by atoms with Gasteiger partial charge >= 0.3 is 6.03 Å². The standard InChI is InChI=1S/C18H16Cl2N2O4/c19-16(20)18(26)13(15(24)11-4-2-1-3-5-11)14(21-17(25)22-18)10-6-8-12(23)9-7-10/h1-9,13-14,16,23,26H,(H2,21,22,25). The minimum atomic E-state index is -2.18. The molecule has 8 heteroatoms. The predicted molar refractivity (Wildman–Crippen MR) is 97.2 cm³/mol. The van der Waals surface area contributed by atoms with E-state index >= 15 is 0 Å². The fourth-order valence-corrected chi connectivity index (χ4v) is 3.44. The quantitative estimate of drug-likeness (QED) is 0.473. The number of hydrogen-bond acceptors (Lipinski definition) is 4. The topological polar surface area (TPSA) is 98.7 Å². The first-order valence-electron chi connectivity index (χ1n) is 7.80. The number of phenols is 1. The molecule has 0 saturated carbocycles. The van der Waals surface area contributed by atoms with Crippen LogP contribution in [0.5, 0.6) is 5.75 Å². The number of carbonyl (C=O) groups is 2. The molecule has 3 atom stereocenters. The summed E-state index contributed by atoms with van der Waals surface area (Å²) < 4.78 is 0. The summed E-state index contributed by atoms with van der Waals surface area (Å²) in [6, 6.07) is 12.7. The minimum Gasteiger partial charge on any atom is -0.508 e. The van der Waals surface area contributed by atoms with E-state index in [2.05, 4.69) is 10.6 Å². The fraction of sp³-hybridized carbons (Fsp3) is 0.222. The number of amides is 2. The summed E-state index contributed by atoms with van der Waals surface area (Å²) in [6.45, 7) is 0. The van der Waals surface area contributed by atoms with Gasteiger partial charge in [-0.2, -0.15) is 0 Å². The molecule has 3 unspecified atom stereocenters. The molecule has 1 fully saturated rings. The first-order chi connectivity index (χ1) is 12.3.